The molecule has 2 aromatic rings. The molecule has 4 nitrogen and oxygen atoms in total. The van der Waals surface area contributed by atoms with Gasteiger partial charge in [0.15, 0.2) is 0 Å². The van der Waals surface area contributed by atoms with Crippen molar-refractivity contribution in [2.24, 2.45) is 4.99 Å². The van der Waals surface area contributed by atoms with Gasteiger partial charge in [-0.15, -0.1) is 0 Å². The van der Waals surface area contributed by atoms with Crippen molar-refractivity contribution >= 4 is 35.3 Å². The molecule has 1 aromatic heterocycles. The predicted octanol–water partition coefficient (Wildman–Crippen LogP) is 5.48. The lowest BCUT2D eigenvalue weighted by molar-refractivity contribution is 0.0322. The molecule has 0 spiro atoms. The minimum Gasteiger partial charge on any atom is -0.338 e. The van der Waals surface area contributed by atoms with Crippen LogP contribution in [0.4, 0.5) is 8.78 Å². The Hall–Kier alpha value is -2.31. The van der Waals surface area contributed by atoms with E-state index in [1.165, 1.54) is 12.1 Å². The maximum absolute atomic E-state index is 15.8. The van der Waals surface area contributed by atoms with Gasteiger partial charge < -0.3 is 4.90 Å². The molecule has 1 saturated heterocycles. The monoisotopic (exact) mass is 463 g/mol. The fraction of sp³-hybridized carbons (Fsp3) is 0.348. The lowest BCUT2D eigenvalue weighted by atomic mass is 9.78. The molecule has 2 aliphatic rings. The summed E-state index contributed by atoms with van der Waals surface area (Å²) < 4.78 is 29.3. The standard InChI is InChI=1S/C23H21Cl2F2N3O/c24-18-6-5-16(13-19(18)25)21(31)30-11-8-22(27,9-12-30)15-23(7-2-10-28-23)14-17-3-1-4-20(26)29-17/h1-7,10,13H,8-9,11-12,14-15H2. The number of allylic oxidation sites excluding steroid dienone is 1. The van der Waals surface area contributed by atoms with Crippen LogP contribution in [0.25, 0.3) is 0 Å². The van der Waals surface area contributed by atoms with E-state index < -0.39 is 17.2 Å². The highest BCUT2D eigenvalue weighted by Crippen LogP contribution is 2.39. The number of nitrogens with zero attached hydrogens (tertiary/aromatic N) is 3. The summed E-state index contributed by atoms with van der Waals surface area (Å²) in [5.41, 5.74) is -1.34. The zero-order valence-corrected chi connectivity index (χ0v) is 18.2. The highest BCUT2D eigenvalue weighted by molar-refractivity contribution is 6.42. The Morgan fingerprint density at radius 2 is 1.90 bits per heavy atom. The molecule has 1 fully saturated rings. The highest BCUT2D eigenvalue weighted by Gasteiger charge is 2.44. The maximum atomic E-state index is 15.8. The Morgan fingerprint density at radius 1 is 1.13 bits per heavy atom. The summed E-state index contributed by atoms with van der Waals surface area (Å²) in [4.78, 5) is 22.8. The quantitative estimate of drug-likeness (QED) is 0.550. The fourth-order valence-electron chi connectivity index (χ4n) is 4.24. The zero-order chi connectivity index (χ0) is 22.1. The van der Waals surface area contributed by atoms with E-state index in [0.717, 1.165) is 0 Å². The average molecular weight is 464 g/mol. The molecule has 1 atom stereocenters. The first-order valence-corrected chi connectivity index (χ1v) is 10.8. The summed E-state index contributed by atoms with van der Waals surface area (Å²) in [5.74, 6) is -0.763. The molecule has 3 heterocycles. The van der Waals surface area contributed by atoms with E-state index in [1.807, 2.05) is 6.08 Å². The Bertz CT molecular complexity index is 1040. The number of aliphatic imine (C=N–C) groups is 1. The van der Waals surface area contributed by atoms with Gasteiger partial charge in [-0.1, -0.05) is 35.3 Å². The first kappa shape index (κ1) is 21.9. The van der Waals surface area contributed by atoms with Gasteiger partial charge in [-0.2, -0.15) is 4.39 Å². The van der Waals surface area contributed by atoms with Gasteiger partial charge in [0.1, 0.15) is 5.67 Å². The number of aromatic nitrogens is 1. The molecule has 1 unspecified atom stereocenters. The number of amides is 1. The molecule has 1 amide bonds. The van der Waals surface area contributed by atoms with Crippen LogP contribution in [0.3, 0.4) is 0 Å². The van der Waals surface area contributed by atoms with Crippen LogP contribution in [0, 0.1) is 5.95 Å². The summed E-state index contributed by atoms with van der Waals surface area (Å²) >= 11 is 11.9. The van der Waals surface area contributed by atoms with E-state index in [4.69, 9.17) is 23.2 Å². The molecule has 0 bridgehead atoms. The molecule has 2 aliphatic heterocycles. The van der Waals surface area contributed by atoms with Crippen LogP contribution >= 0.6 is 23.2 Å². The molecule has 0 radical (unpaired) electrons. The number of pyridine rings is 1. The van der Waals surface area contributed by atoms with Crippen LogP contribution in [0.15, 0.2) is 53.5 Å². The smallest absolute Gasteiger partial charge is 0.253 e. The normalized spacial score (nSPS) is 22.1. The molecule has 0 aliphatic carbocycles. The minimum absolute atomic E-state index is 0.153. The number of hydrogen-bond donors (Lipinski definition) is 0. The van der Waals surface area contributed by atoms with E-state index >= 15 is 4.39 Å². The average Bonchev–Trinajstić information content (AvgIpc) is 3.17. The molecule has 162 valence electrons. The third-order valence-corrected chi connectivity index (χ3v) is 6.56. The zero-order valence-electron chi connectivity index (χ0n) is 16.7. The van der Waals surface area contributed by atoms with Gasteiger partial charge in [-0.05, 0) is 49.2 Å². The summed E-state index contributed by atoms with van der Waals surface area (Å²) in [6.07, 6.45) is 6.14. The van der Waals surface area contributed by atoms with Crippen molar-refractivity contribution in [2.45, 2.75) is 36.9 Å². The number of alkyl halides is 1. The van der Waals surface area contributed by atoms with Crippen molar-refractivity contribution in [3.8, 4) is 0 Å². The van der Waals surface area contributed by atoms with E-state index in [0.29, 0.717) is 27.7 Å². The van der Waals surface area contributed by atoms with Crippen LogP contribution in [0.1, 0.15) is 35.3 Å². The van der Waals surface area contributed by atoms with Crippen molar-refractivity contribution < 1.29 is 13.6 Å². The topological polar surface area (TPSA) is 45.6 Å². The van der Waals surface area contributed by atoms with Gasteiger partial charge >= 0.3 is 0 Å². The van der Waals surface area contributed by atoms with Gasteiger partial charge in [0.05, 0.1) is 15.6 Å². The lowest BCUT2D eigenvalue weighted by Gasteiger charge is -2.40. The molecular formula is C23H21Cl2F2N3O. The van der Waals surface area contributed by atoms with Gasteiger partial charge in [-0.3, -0.25) is 9.79 Å². The third kappa shape index (κ3) is 4.96. The highest BCUT2D eigenvalue weighted by atomic mass is 35.5. The number of likely N-dealkylation sites (tertiary alicyclic amines) is 1. The van der Waals surface area contributed by atoms with Crippen LogP contribution in [0.5, 0.6) is 0 Å². The van der Waals surface area contributed by atoms with Crippen LogP contribution in [0.2, 0.25) is 10.0 Å². The van der Waals surface area contributed by atoms with Gasteiger partial charge in [0, 0.05) is 43.4 Å². The largest absolute Gasteiger partial charge is 0.338 e. The van der Waals surface area contributed by atoms with Crippen molar-refractivity contribution in [1.82, 2.24) is 9.88 Å². The maximum Gasteiger partial charge on any atom is 0.253 e. The van der Waals surface area contributed by atoms with Crippen LogP contribution in [-0.4, -0.2) is 46.3 Å². The van der Waals surface area contributed by atoms with Crippen molar-refractivity contribution in [3.05, 3.63) is 75.8 Å². The number of piperidine rings is 1. The number of rotatable bonds is 5. The lowest BCUT2D eigenvalue weighted by Crippen LogP contribution is -2.48. The number of carbonyl (C=O) groups is 1. The minimum atomic E-state index is -1.49. The first-order chi connectivity index (χ1) is 14.8. The second-order valence-corrected chi connectivity index (χ2v) is 8.93. The number of benzene rings is 1. The van der Waals surface area contributed by atoms with Gasteiger partial charge in [-0.25, -0.2) is 9.37 Å². The predicted molar refractivity (Wildman–Crippen MR) is 118 cm³/mol. The number of hydrogen-bond acceptors (Lipinski definition) is 3. The van der Waals surface area contributed by atoms with E-state index in [9.17, 15) is 9.18 Å². The van der Waals surface area contributed by atoms with Crippen LogP contribution < -0.4 is 0 Å². The number of halogens is 4. The summed E-state index contributed by atoms with van der Waals surface area (Å²) in [6.45, 7) is 0.578. The molecule has 0 saturated carbocycles. The second kappa shape index (κ2) is 8.67. The summed E-state index contributed by atoms with van der Waals surface area (Å²) in [5, 5.41) is 0.686. The van der Waals surface area contributed by atoms with Gasteiger partial charge in [0.25, 0.3) is 5.91 Å². The van der Waals surface area contributed by atoms with Crippen molar-refractivity contribution in [1.29, 1.82) is 0 Å². The Kier molecular flexibility index (Phi) is 6.13. The van der Waals surface area contributed by atoms with E-state index in [2.05, 4.69) is 9.98 Å². The molecule has 31 heavy (non-hydrogen) atoms. The third-order valence-electron chi connectivity index (χ3n) is 5.82. The molecule has 4 rings (SSSR count). The van der Waals surface area contributed by atoms with E-state index in [-0.39, 0.29) is 38.3 Å². The summed E-state index contributed by atoms with van der Waals surface area (Å²) in [7, 11) is 0. The second-order valence-electron chi connectivity index (χ2n) is 8.12. The molecular weight excluding hydrogens is 443 g/mol. The number of carbonyl (C=O) groups excluding carboxylic acids is 1. The SMILES string of the molecule is O=C(c1ccc(Cl)c(Cl)c1)N1CCC(F)(CC2(Cc3cccc(F)n3)C=CC=N2)CC1. The Balaban J connectivity index is 1.43. The fourth-order valence-corrected chi connectivity index (χ4v) is 4.54. The molecule has 1 aromatic carbocycles. The van der Waals surface area contributed by atoms with Crippen molar-refractivity contribution in [3.63, 3.8) is 0 Å². The first-order valence-electron chi connectivity index (χ1n) is 10.1. The molecule has 0 N–H and O–H groups in total. The summed E-state index contributed by atoms with van der Waals surface area (Å²) in [6, 6.07) is 9.31. The van der Waals surface area contributed by atoms with Crippen molar-refractivity contribution in [2.75, 3.05) is 13.1 Å². The Labute approximate surface area is 189 Å². The van der Waals surface area contributed by atoms with Gasteiger partial charge in [0.2, 0.25) is 5.95 Å². The van der Waals surface area contributed by atoms with Crippen LogP contribution in [-0.2, 0) is 6.42 Å². The molecule has 8 heteroatoms. The van der Waals surface area contributed by atoms with E-state index in [1.54, 1.807) is 41.5 Å². The Morgan fingerprint density at radius 3 is 2.55 bits per heavy atom.